The van der Waals surface area contributed by atoms with Gasteiger partial charge in [0.1, 0.15) is 11.7 Å². The average Bonchev–Trinajstić information content (AvgIpc) is 2.93. The Bertz CT molecular complexity index is 1090. The molecule has 200 valence electrons. The predicted molar refractivity (Wildman–Crippen MR) is 137 cm³/mol. The molecule has 0 aromatic heterocycles. The van der Waals surface area contributed by atoms with Gasteiger partial charge in [-0.15, -0.1) is 0 Å². The lowest BCUT2D eigenvalue weighted by molar-refractivity contribution is -0.294. The monoisotopic (exact) mass is 522 g/mol. The second-order valence-electron chi connectivity index (χ2n) is 8.96. The predicted octanol–water partition coefficient (Wildman–Crippen LogP) is 4.57. The van der Waals surface area contributed by atoms with E-state index in [1.54, 1.807) is 0 Å². The Morgan fingerprint density at radius 1 is 0.763 bits per heavy atom. The maximum absolute atomic E-state index is 15.7. The number of ether oxygens (including phenoxy) is 5. The first-order valence-corrected chi connectivity index (χ1v) is 12.3. The molecule has 1 fully saturated rings. The van der Waals surface area contributed by atoms with Crippen molar-refractivity contribution in [3.63, 3.8) is 0 Å². The highest BCUT2D eigenvalue weighted by atomic mass is 19.1. The fourth-order valence-electron chi connectivity index (χ4n) is 4.81. The molecule has 0 saturated carbocycles. The van der Waals surface area contributed by atoms with Gasteiger partial charge >= 0.3 is 11.9 Å². The third-order valence-electron chi connectivity index (χ3n) is 6.41. The number of alkyl halides is 1. The molecule has 0 amide bonds. The molecule has 0 N–H and O–H groups in total. The van der Waals surface area contributed by atoms with E-state index < -0.39 is 48.3 Å². The van der Waals surface area contributed by atoms with Gasteiger partial charge in [-0.05, 0) is 16.7 Å². The highest BCUT2D eigenvalue weighted by Crippen LogP contribution is 2.41. The van der Waals surface area contributed by atoms with E-state index in [2.05, 4.69) is 0 Å². The lowest BCUT2D eigenvalue weighted by Gasteiger charge is -2.43. The van der Waals surface area contributed by atoms with Crippen LogP contribution >= 0.6 is 0 Å². The molecule has 0 aliphatic carbocycles. The molecule has 0 radical (unpaired) electrons. The summed E-state index contributed by atoms with van der Waals surface area (Å²) in [5, 5.41) is 0. The first-order valence-electron chi connectivity index (χ1n) is 12.3. The molecule has 4 rings (SSSR count). The smallest absolute Gasteiger partial charge is 0.303 e. The normalized spacial score (nSPS) is 23.4. The number of carbonyl (C=O) groups excluding carboxylic acids is 2. The van der Waals surface area contributed by atoms with E-state index in [1.165, 1.54) is 14.0 Å². The lowest BCUT2D eigenvalue weighted by atomic mass is 9.80. The van der Waals surface area contributed by atoms with Crippen LogP contribution in [0.15, 0.2) is 91.0 Å². The summed E-state index contributed by atoms with van der Waals surface area (Å²) in [6.45, 7) is 2.16. The number of rotatable bonds is 9. The summed E-state index contributed by atoms with van der Waals surface area (Å²) in [5.74, 6) is -1.42. The van der Waals surface area contributed by atoms with Crippen molar-refractivity contribution in [2.24, 2.45) is 0 Å². The van der Waals surface area contributed by atoms with Crippen LogP contribution in [0.1, 0.15) is 30.5 Å². The van der Waals surface area contributed by atoms with Gasteiger partial charge in [-0.2, -0.15) is 0 Å². The molecule has 38 heavy (non-hydrogen) atoms. The summed E-state index contributed by atoms with van der Waals surface area (Å²) >= 11 is 0. The van der Waals surface area contributed by atoms with Gasteiger partial charge in [-0.1, -0.05) is 91.0 Å². The number of halogens is 1. The maximum Gasteiger partial charge on any atom is 0.303 e. The third-order valence-corrected chi connectivity index (χ3v) is 6.41. The van der Waals surface area contributed by atoms with Crippen LogP contribution < -0.4 is 0 Å². The van der Waals surface area contributed by atoms with Gasteiger partial charge in [-0.25, -0.2) is 4.39 Å². The van der Waals surface area contributed by atoms with Crippen molar-refractivity contribution in [2.45, 2.75) is 50.2 Å². The van der Waals surface area contributed by atoms with Crippen LogP contribution in [-0.2, 0) is 38.9 Å². The second-order valence-corrected chi connectivity index (χ2v) is 8.96. The number of hydrogen-bond donors (Lipinski definition) is 0. The highest BCUT2D eigenvalue weighted by Gasteiger charge is 2.51. The SMILES string of the molecule is COC1OC(COC(c2ccccc2)(c2ccccc2)c2ccccc2)C(OC(C)=O)C(F)C1OC(C)=O. The molecule has 0 spiro atoms. The van der Waals surface area contributed by atoms with Gasteiger partial charge in [0.25, 0.3) is 0 Å². The summed E-state index contributed by atoms with van der Waals surface area (Å²) in [6, 6.07) is 29.0. The van der Waals surface area contributed by atoms with Gasteiger partial charge in [0.2, 0.25) is 0 Å². The van der Waals surface area contributed by atoms with E-state index in [0.29, 0.717) is 0 Å². The molecule has 7 nitrogen and oxygen atoms in total. The summed E-state index contributed by atoms with van der Waals surface area (Å²) in [6.07, 6.45) is -7.02. The molecular weight excluding hydrogens is 491 g/mol. The minimum atomic E-state index is -1.91. The Morgan fingerprint density at radius 3 is 1.58 bits per heavy atom. The summed E-state index contributed by atoms with van der Waals surface area (Å²) < 4.78 is 44.3. The second kappa shape index (κ2) is 12.3. The van der Waals surface area contributed by atoms with E-state index in [4.69, 9.17) is 23.7 Å². The van der Waals surface area contributed by atoms with Crippen molar-refractivity contribution in [2.75, 3.05) is 13.7 Å². The van der Waals surface area contributed by atoms with Crippen molar-refractivity contribution in [1.82, 2.24) is 0 Å². The summed E-state index contributed by atoms with van der Waals surface area (Å²) in [7, 11) is 1.32. The Balaban J connectivity index is 1.76. The quantitative estimate of drug-likeness (QED) is 0.301. The van der Waals surface area contributed by atoms with Crippen LogP contribution in [-0.4, -0.2) is 56.4 Å². The zero-order valence-electron chi connectivity index (χ0n) is 21.5. The molecule has 1 aliphatic rings. The number of esters is 2. The van der Waals surface area contributed by atoms with Crippen LogP contribution in [0.3, 0.4) is 0 Å². The molecule has 8 heteroatoms. The lowest BCUT2D eigenvalue weighted by Crippen LogP contribution is -2.60. The van der Waals surface area contributed by atoms with E-state index in [0.717, 1.165) is 23.6 Å². The van der Waals surface area contributed by atoms with Crippen LogP contribution in [0.25, 0.3) is 0 Å². The largest absolute Gasteiger partial charge is 0.456 e. The van der Waals surface area contributed by atoms with Crippen molar-refractivity contribution < 1.29 is 37.7 Å². The van der Waals surface area contributed by atoms with Gasteiger partial charge in [0, 0.05) is 21.0 Å². The molecular formula is C30H31FO7. The number of carbonyl (C=O) groups is 2. The van der Waals surface area contributed by atoms with Gasteiger partial charge in [-0.3, -0.25) is 9.59 Å². The molecule has 5 unspecified atom stereocenters. The first-order chi connectivity index (χ1) is 18.4. The summed E-state index contributed by atoms with van der Waals surface area (Å²) in [5.41, 5.74) is 1.43. The van der Waals surface area contributed by atoms with E-state index >= 15 is 4.39 Å². The van der Waals surface area contributed by atoms with Crippen LogP contribution in [0.5, 0.6) is 0 Å². The third kappa shape index (κ3) is 5.78. The molecule has 1 saturated heterocycles. The first kappa shape index (κ1) is 27.4. The fourth-order valence-corrected chi connectivity index (χ4v) is 4.81. The Morgan fingerprint density at radius 2 is 1.18 bits per heavy atom. The number of benzene rings is 3. The number of hydrogen-bond acceptors (Lipinski definition) is 7. The molecule has 5 atom stereocenters. The molecule has 3 aromatic carbocycles. The van der Waals surface area contributed by atoms with Crippen molar-refractivity contribution in [3.05, 3.63) is 108 Å². The highest BCUT2D eigenvalue weighted by molar-refractivity contribution is 5.67. The van der Waals surface area contributed by atoms with Crippen LogP contribution in [0.2, 0.25) is 0 Å². The molecule has 1 heterocycles. The minimum absolute atomic E-state index is 0.177. The zero-order chi connectivity index (χ0) is 27.1. The van der Waals surface area contributed by atoms with Crippen molar-refractivity contribution >= 4 is 11.9 Å². The van der Waals surface area contributed by atoms with E-state index in [9.17, 15) is 9.59 Å². The minimum Gasteiger partial charge on any atom is -0.456 e. The van der Waals surface area contributed by atoms with Crippen LogP contribution in [0, 0.1) is 0 Å². The Kier molecular flexibility index (Phi) is 8.89. The Labute approximate surface area is 221 Å². The Hall–Kier alpha value is -3.59. The van der Waals surface area contributed by atoms with Crippen molar-refractivity contribution in [1.29, 1.82) is 0 Å². The average molecular weight is 523 g/mol. The standard InChI is InChI=1S/C30H31FO7/c1-20(32)36-27-25(38-29(34-3)28(26(27)31)37-21(2)33)19-35-30(22-13-7-4-8-14-22,23-15-9-5-10-16-23)24-17-11-6-12-18-24/h4-18,25-29H,19H2,1-3H3. The maximum atomic E-state index is 15.7. The van der Waals surface area contributed by atoms with E-state index in [1.807, 2.05) is 91.0 Å². The topological polar surface area (TPSA) is 80.3 Å². The molecule has 3 aromatic rings. The van der Waals surface area contributed by atoms with Gasteiger partial charge in [0.05, 0.1) is 6.61 Å². The zero-order valence-corrected chi connectivity index (χ0v) is 21.5. The fraction of sp³-hybridized carbons (Fsp3) is 0.333. The summed E-state index contributed by atoms with van der Waals surface area (Å²) in [4.78, 5) is 23.5. The molecule has 0 bridgehead atoms. The van der Waals surface area contributed by atoms with Gasteiger partial charge in [0.15, 0.2) is 24.7 Å². The van der Waals surface area contributed by atoms with Crippen LogP contribution in [0.4, 0.5) is 4.39 Å². The van der Waals surface area contributed by atoms with Crippen molar-refractivity contribution in [3.8, 4) is 0 Å². The number of methoxy groups -OCH3 is 1. The molecule has 1 aliphatic heterocycles. The van der Waals surface area contributed by atoms with Gasteiger partial charge < -0.3 is 23.7 Å². The van der Waals surface area contributed by atoms with E-state index in [-0.39, 0.29) is 6.61 Å².